The van der Waals surface area contributed by atoms with Crippen LogP contribution >= 0.6 is 11.6 Å². The van der Waals surface area contributed by atoms with Crippen LogP contribution in [0.2, 0.25) is 5.02 Å². The Morgan fingerprint density at radius 1 is 1.14 bits per heavy atom. The molecule has 0 radical (unpaired) electrons. The molecule has 0 unspecified atom stereocenters. The number of aromatic nitrogens is 2. The van der Waals surface area contributed by atoms with Gasteiger partial charge in [0.1, 0.15) is 11.6 Å². The van der Waals surface area contributed by atoms with Crippen molar-refractivity contribution in [3.63, 3.8) is 0 Å². The second-order valence-electron chi connectivity index (χ2n) is 4.92. The molecule has 0 bridgehead atoms. The van der Waals surface area contributed by atoms with E-state index >= 15 is 0 Å². The number of benzene rings is 2. The zero-order chi connectivity index (χ0) is 14.8. The lowest BCUT2D eigenvalue weighted by Gasteiger charge is -2.11. The van der Waals surface area contributed by atoms with Gasteiger partial charge in [-0.3, -0.25) is 0 Å². The summed E-state index contributed by atoms with van der Waals surface area (Å²) in [5.74, 6) is 0.313. The Kier molecular flexibility index (Phi) is 3.76. The van der Waals surface area contributed by atoms with Gasteiger partial charge in [0.2, 0.25) is 0 Å². The van der Waals surface area contributed by atoms with Crippen LogP contribution in [0, 0.1) is 12.7 Å². The summed E-state index contributed by atoms with van der Waals surface area (Å²) in [6, 6.07) is 14.9. The van der Waals surface area contributed by atoms with E-state index in [2.05, 4.69) is 21.7 Å². The fourth-order valence-corrected chi connectivity index (χ4v) is 2.41. The highest BCUT2D eigenvalue weighted by Gasteiger charge is 2.11. The van der Waals surface area contributed by atoms with Gasteiger partial charge in [-0.25, -0.2) is 9.37 Å². The molecule has 106 valence electrons. The van der Waals surface area contributed by atoms with Crippen molar-refractivity contribution in [1.82, 2.24) is 9.55 Å². The van der Waals surface area contributed by atoms with E-state index in [9.17, 15) is 4.39 Å². The molecular formula is C17H14ClFN2. The fraction of sp³-hybridized carbons (Fsp3) is 0.118. The maximum Gasteiger partial charge on any atom is 0.142 e. The van der Waals surface area contributed by atoms with Crippen molar-refractivity contribution in [1.29, 1.82) is 0 Å². The Morgan fingerprint density at radius 2 is 1.90 bits per heavy atom. The molecule has 3 aromatic rings. The fourth-order valence-electron chi connectivity index (χ4n) is 2.29. The average Bonchev–Trinajstić information content (AvgIpc) is 2.85. The first kappa shape index (κ1) is 13.8. The number of imidazole rings is 1. The molecule has 2 nitrogen and oxygen atoms in total. The van der Waals surface area contributed by atoms with Crippen LogP contribution in [0.15, 0.2) is 54.7 Å². The van der Waals surface area contributed by atoms with Gasteiger partial charge in [0.05, 0.1) is 5.02 Å². The molecule has 0 aliphatic rings. The van der Waals surface area contributed by atoms with Gasteiger partial charge in [-0.05, 0) is 30.7 Å². The van der Waals surface area contributed by atoms with Gasteiger partial charge < -0.3 is 4.57 Å². The van der Waals surface area contributed by atoms with Crippen LogP contribution in [0.1, 0.15) is 11.3 Å². The van der Waals surface area contributed by atoms with Gasteiger partial charge in [-0.15, -0.1) is 0 Å². The molecule has 0 fully saturated rings. The highest BCUT2D eigenvalue weighted by molar-refractivity contribution is 6.30. The van der Waals surface area contributed by atoms with Gasteiger partial charge in [0.25, 0.3) is 0 Å². The minimum Gasteiger partial charge on any atom is -0.324 e. The van der Waals surface area contributed by atoms with Crippen molar-refractivity contribution in [3.05, 3.63) is 76.8 Å². The van der Waals surface area contributed by atoms with Crippen LogP contribution in [-0.2, 0) is 6.54 Å². The minimum atomic E-state index is -0.430. The third-order valence-electron chi connectivity index (χ3n) is 3.42. The maximum atomic E-state index is 13.7. The summed E-state index contributed by atoms with van der Waals surface area (Å²) >= 11 is 5.74. The molecular weight excluding hydrogens is 287 g/mol. The molecule has 4 heteroatoms. The lowest BCUT2D eigenvalue weighted by atomic mass is 10.2. The Balaban J connectivity index is 2.02. The van der Waals surface area contributed by atoms with Crippen molar-refractivity contribution in [2.75, 3.05) is 0 Å². The average molecular weight is 301 g/mol. The first-order valence-corrected chi connectivity index (χ1v) is 7.04. The van der Waals surface area contributed by atoms with Gasteiger partial charge >= 0.3 is 0 Å². The van der Waals surface area contributed by atoms with Crippen molar-refractivity contribution in [2.24, 2.45) is 0 Å². The largest absolute Gasteiger partial charge is 0.324 e. The highest BCUT2D eigenvalue weighted by Crippen LogP contribution is 2.25. The number of halogens is 2. The standard InChI is InChI=1S/C17H14ClFN2/c1-12-10-20-17(14-7-8-15(18)16(19)9-14)21(12)11-13-5-3-2-4-6-13/h2-10H,11H2,1H3. The second kappa shape index (κ2) is 5.70. The number of nitrogens with zero attached hydrogens (tertiary/aromatic N) is 2. The summed E-state index contributed by atoms with van der Waals surface area (Å²) in [4.78, 5) is 4.41. The molecule has 0 atom stereocenters. The molecule has 0 saturated carbocycles. The van der Waals surface area contributed by atoms with E-state index in [4.69, 9.17) is 11.6 Å². The van der Waals surface area contributed by atoms with Crippen molar-refractivity contribution in [3.8, 4) is 11.4 Å². The van der Waals surface area contributed by atoms with E-state index in [0.29, 0.717) is 6.54 Å². The molecule has 0 aliphatic carbocycles. The first-order chi connectivity index (χ1) is 10.1. The van der Waals surface area contributed by atoms with Gasteiger partial charge in [-0.2, -0.15) is 0 Å². The Bertz CT molecular complexity index is 766. The third kappa shape index (κ3) is 2.83. The summed E-state index contributed by atoms with van der Waals surface area (Å²) in [7, 11) is 0. The molecule has 0 aliphatic heterocycles. The van der Waals surface area contributed by atoms with Gasteiger partial charge in [0, 0.05) is 24.0 Å². The molecule has 0 N–H and O–H groups in total. The SMILES string of the molecule is Cc1cnc(-c2ccc(Cl)c(F)c2)n1Cc1ccccc1. The minimum absolute atomic E-state index is 0.122. The predicted molar refractivity (Wildman–Crippen MR) is 82.9 cm³/mol. The monoisotopic (exact) mass is 300 g/mol. The summed E-state index contributed by atoms with van der Waals surface area (Å²) < 4.78 is 15.7. The lowest BCUT2D eigenvalue weighted by Crippen LogP contribution is -2.04. The predicted octanol–water partition coefficient (Wildman–Crippen LogP) is 4.70. The Hall–Kier alpha value is -2.13. The topological polar surface area (TPSA) is 17.8 Å². The summed E-state index contributed by atoms with van der Waals surface area (Å²) in [6.45, 7) is 2.69. The molecule has 1 heterocycles. The van der Waals surface area contributed by atoms with Crippen LogP contribution in [0.3, 0.4) is 0 Å². The van der Waals surface area contributed by atoms with Crippen molar-refractivity contribution in [2.45, 2.75) is 13.5 Å². The number of aryl methyl sites for hydroxylation is 1. The zero-order valence-corrected chi connectivity index (χ0v) is 12.3. The van der Waals surface area contributed by atoms with Crippen LogP contribution in [-0.4, -0.2) is 9.55 Å². The molecule has 21 heavy (non-hydrogen) atoms. The van der Waals surface area contributed by atoms with Crippen LogP contribution < -0.4 is 0 Å². The Morgan fingerprint density at radius 3 is 2.62 bits per heavy atom. The first-order valence-electron chi connectivity index (χ1n) is 6.66. The second-order valence-corrected chi connectivity index (χ2v) is 5.33. The molecule has 1 aromatic heterocycles. The smallest absolute Gasteiger partial charge is 0.142 e. The van der Waals surface area contributed by atoms with E-state index in [-0.39, 0.29) is 5.02 Å². The van der Waals surface area contributed by atoms with E-state index in [1.165, 1.54) is 11.6 Å². The molecule has 0 saturated heterocycles. The molecule has 0 amide bonds. The number of hydrogen-bond donors (Lipinski definition) is 0. The summed E-state index contributed by atoms with van der Waals surface area (Å²) in [5, 5.41) is 0.122. The van der Waals surface area contributed by atoms with Gasteiger partial charge in [0.15, 0.2) is 0 Å². The molecule has 0 spiro atoms. The van der Waals surface area contributed by atoms with E-state index in [0.717, 1.165) is 17.1 Å². The van der Waals surface area contributed by atoms with Gasteiger partial charge in [-0.1, -0.05) is 41.9 Å². The summed E-state index contributed by atoms with van der Waals surface area (Å²) in [5.41, 5.74) is 2.93. The van der Waals surface area contributed by atoms with Crippen LogP contribution in [0.4, 0.5) is 4.39 Å². The molecule has 3 rings (SSSR count). The van der Waals surface area contributed by atoms with E-state index in [1.807, 2.05) is 25.1 Å². The van der Waals surface area contributed by atoms with Crippen LogP contribution in [0.25, 0.3) is 11.4 Å². The van der Waals surface area contributed by atoms with Crippen molar-refractivity contribution < 1.29 is 4.39 Å². The molecule has 2 aromatic carbocycles. The number of hydrogen-bond acceptors (Lipinski definition) is 1. The quantitative estimate of drug-likeness (QED) is 0.685. The van der Waals surface area contributed by atoms with E-state index in [1.54, 1.807) is 18.3 Å². The van der Waals surface area contributed by atoms with Crippen LogP contribution in [0.5, 0.6) is 0 Å². The zero-order valence-electron chi connectivity index (χ0n) is 11.6. The number of rotatable bonds is 3. The normalized spacial score (nSPS) is 10.8. The highest BCUT2D eigenvalue weighted by atomic mass is 35.5. The Labute approximate surface area is 127 Å². The van der Waals surface area contributed by atoms with Crippen molar-refractivity contribution >= 4 is 11.6 Å². The van der Waals surface area contributed by atoms with E-state index < -0.39 is 5.82 Å². The maximum absolute atomic E-state index is 13.7. The third-order valence-corrected chi connectivity index (χ3v) is 3.72. The summed E-state index contributed by atoms with van der Waals surface area (Å²) in [6.07, 6.45) is 1.80. The lowest BCUT2D eigenvalue weighted by molar-refractivity contribution is 0.628.